The topological polar surface area (TPSA) is 93.1 Å². The molecule has 8 heteroatoms. The van der Waals surface area contributed by atoms with Gasteiger partial charge in [-0.1, -0.05) is 63.6 Å². The van der Waals surface area contributed by atoms with Crippen LogP contribution in [0.5, 0.6) is 0 Å². The number of hydrogen-bond acceptors (Lipinski definition) is 5. The monoisotopic (exact) mass is 530 g/mol. The Morgan fingerprint density at radius 1 is 0.974 bits per heavy atom. The number of hydrogen-bond donors (Lipinski definition) is 2. The van der Waals surface area contributed by atoms with Gasteiger partial charge < -0.3 is 10.6 Å². The van der Waals surface area contributed by atoms with Crippen molar-refractivity contribution in [2.45, 2.75) is 66.8 Å². The first kappa shape index (κ1) is 27.3. The Morgan fingerprint density at radius 3 is 2.24 bits per heavy atom. The number of carbonyl (C=O) groups excluding carboxylic acids is 2. The van der Waals surface area contributed by atoms with E-state index in [1.54, 1.807) is 6.92 Å². The van der Waals surface area contributed by atoms with Crippen molar-refractivity contribution in [3.05, 3.63) is 85.8 Å². The van der Waals surface area contributed by atoms with Gasteiger partial charge in [-0.3, -0.25) is 19.0 Å². The molecule has 4 rings (SSSR count). The van der Waals surface area contributed by atoms with Crippen molar-refractivity contribution in [3.63, 3.8) is 0 Å². The lowest BCUT2D eigenvalue weighted by Crippen LogP contribution is -2.28. The van der Waals surface area contributed by atoms with E-state index in [-0.39, 0.29) is 35.8 Å². The van der Waals surface area contributed by atoms with Gasteiger partial charge in [0.25, 0.3) is 11.5 Å². The lowest BCUT2D eigenvalue weighted by Gasteiger charge is -2.20. The van der Waals surface area contributed by atoms with E-state index in [1.807, 2.05) is 50.2 Å². The van der Waals surface area contributed by atoms with Crippen LogP contribution in [-0.4, -0.2) is 21.4 Å². The molecule has 0 bridgehead atoms. The summed E-state index contributed by atoms with van der Waals surface area (Å²) in [5, 5.41) is 6.36. The van der Waals surface area contributed by atoms with Gasteiger partial charge in [-0.05, 0) is 60.9 Å². The van der Waals surface area contributed by atoms with E-state index >= 15 is 0 Å². The molecule has 38 heavy (non-hydrogen) atoms. The maximum absolute atomic E-state index is 13.4. The van der Waals surface area contributed by atoms with Crippen molar-refractivity contribution in [2.75, 3.05) is 10.6 Å². The number of anilines is 2. The number of rotatable bonds is 7. The zero-order chi connectivity index (χ0) is 27.7. The highest BCUT2D eigenvalue weighted by molar-refractivity contribution is 7.20. The third-order valence-electron chi connectivity index (χ3n) is 6.70. The standard InChI is InChI=1S/C30H34N4O3S/c1-16(2)21-9-8-10-22(17(3)4)26(21)33-24(35)14-34-15-31-29-25(30(34)37)20(7)27(38-29)28(36)32-23-12-11-18(5)13-19(23)6/h8-13,15-17H,14H2,1-7H3,(H,32,36)(H,33,35). The molecule has 2 amide bonds. The highest BCUT2D eigenvalue weighted by Gasteiger charge is 2.21. The Kier molecular flexibility index (Phi) is 7.83. The fourth-order valence-corrected chi connectivity index (χ4v) is 5.68. The Hall–Kier alpha value is -3.78. The number of aromatic nitrogens is 2. The molecule has 2 aromatic heterocycles. The van der Waals surface area contributed by atoms with Crippen LogP contribution in [0, 0.1) is 20.8 Å². The molecule has 4 aromatic rings. The summed E-state index contributed by atoms with van der Waals surface area (Å²) in [5.74, 6) is -0.130. The van der Waals surface area contributed by atoms with E-state index in [2.05, 4.69) is 43.3 Å². The molecule has 0 spiro atoms. The van der Waals surface area contributed by atoms with E-state index in [0.717, 1.165) is 33.6 Å². The Balaban J connectivity index is 1.61. The van der Waals surface area contributed by atoms with Crippen molar-refractivity contribution in [1.29, 1.82) is 0 Å². The number of amides is 2. The summed E-state index contributed by atoms with van der Waals surface area (Å²) in [6, 6.07) is 11.9. The summed E-state index contributed by atoms with van der Waals surface area (Å²) >= 11 is 1.18. The van der Waals surface area contributed by atoms with E-state index in [9.17, 15) is 14.4 Å². The van der Waals surface area contributed by atoms with Crippen molar-refractivity contribution in [1.82, 2.24) is 9.55 Å². The summed E-state index contributed by atoms with van der Waals surface area (Å²) in [5.41, 5.74) is 5.93. The van der Waals surface area contributed by atoms with Crippen molar-refractivity contribution >= 4 is 44.7 Å². The molecule has 2 heterocycles. The predicted molar refractivity (Wildman–Crippen MR) is 156 cm³/mol. The Bertz CT molecular complexity index is 1570. The van der Waals surface area contributed by atoms with Crippen LogP contribution in [-0.2, 0) is 11.3 Å². The number of para-hydroxylation sites is 1. The van der Waals surface area contributed by atoms with Crippen LogP contribution in [0.2, 0.25) is 0 Å². The van der Waals surface area contributed by atoms with Crippen LogP contribution >= 0.6 is 11.3 Å². The van der Waals surface area contributed by atoms with E-state index < -0.39 is 0 Å². The zero-order valence-electron chi connectivity index (χ0n) is 22.9. The van der Waals surface area contributed by atoms with Gasteiger partial charge >= 0.3 is 0 Å². The van der Waals surface area contributed by atoms with Crippen LogP contribution in [0.3, 0.4) is 0 Å². The molecule has 0 atom stereocenters. The number of benzene rings is 2. The molecule has 0 aliphatic rings. The smallest absolute Gasteiger partial charge is 0.266 e. The van der Waals surface area contributed by atoms with Gasteiger partial charge in [0.2, 0.25) is 5.91 Å². The average molecular weight is 531 g/mol. The Labute approximate surface area is 226 Å². The van der Waals surface area contributed by atoms with Crippen LogP contribution in [0.15, 0.2) is 47.5 Å². The molecule has 0 aliphatic carbocycles. The molecular weight excluding hydrogens is 496 g/mol. The van der Waals surface area contributed by atoms with Crippen molar-refractivity contribution < 1.29 is 9.59 Å². The first-order valence-corrected chi connectivity index (χ1v) is 13.6. The summed E-state index contributed by atoms with van der Waals surface area (Å²) in [4.78, 5) is 44.9. The van der Waals surface area contributed by atoms with E-state index in [0.29, 0.717) is 20.7 Å². The third kappa shape index (κ3) is 5.41. The quantitative estimate of drug-likeness (QED) is 0.284. The van der Waals surface area contributed by atoms with Gasteiger partial charge in [-0.25, -0.2) is 4.98 Å². The highest BCUT2D eigenvalue weighted by atomic mass is 32.1. The molecule has 0 saturated carbocycles. The van der Waals surface area contributed by atoms with Crippen LogP contribution in [0.4, 0.5) is 11.4 Å². The van der Waals surface area contributed by atoms with Gasteiger partial charge in [0, 0.05) is 11.4 Å². The molecule has 0 fully saturated rings. The minimum atomic E-state index is -0.342. The number of aryl methyl sites for hydroxylation is 3. The molecule has 0 aliphatic heterocycles. The molecule has 0 saturated heterocycles. The highest BCUT2D eigenvalue weighted by Crippen LogP contribution is 2.32. The second-order valence-corrected chi connectivity index (χ2v) is 11.4. The molecule has 0 radical (unpaired) electrons. The number of carbonyl (C=O) groups is 2. The molecule has 7 nitrogen and oxygen atoms in total. The van der Waals surface area contributed by atoms with Crippen LogP contribution in [0.1, 0.15) is 77.0 Å². The van der Waals surface area contributed by atoms with Gasteiger partial charge in [0.1, 0.15) is 11.4 Å². The maximum atomic E-state index is 13.4. The van der Waals surface area contributed by atoms with Gasteiger partial charge in [0.15, 0.2) is 0 Å². The predicted octanol–water partition coefficient (Wildman–Crippen LogP) is 6.52. The minimum Gasteiger partial charge on any atom is -0.324 e. The SMILES string of the molecule is Cc1ccc(NC(=O)c2sc3ncn(CC(=O)Nc4c(C(C)C)cccc4C(C)C)c(=O)c3c2C)c(C)c1. The molecule has 2 aromatic carbocycles. The van der Waals surface area contributed by atoms with Crippen LogP contribution < -0.4 is 16.2 Å². The maximum Gasteiger partial charge on any atom is 0.266 e. The van der Waals surface area contributed by atoms with Gasteiger partial charge in [-0.15, -0.1) is 11.3 Å². The summed E-state index contributed by atoms with van der Waals surface area (Å²) in [7, 11) is 0. The Morgan fingerprint density at radius 2 is 1.63 bits per heavy atom. The molecule has 0 unspecified atom stereocenters. The van der Waals surface area contributed by atoms with Gasteiger partial charge in [0.05, 0.1) is 16.6 Å². The molecule has 198 valence electrons. The third-order valence-corrected chi connectivity index (χ3v) is 7.90. The second-order valence-electron chi connectivity index (χ2n) is 10.4. The molecular formula is C30H34N4O3S. The summed E-state index contributed by atoms with van der Waals surface area (Å²) < 4.78 is 1.30. The fourth-order valence-electron chi connectivity index (χ4n) is 4.65. The van der Waals surface area contributed by atoms with Crippen molar-refractivity contribution in [3.8, 4) is 0 Å². The first-order chi connectivity index (χ1) is 18.0. The average Bonchev–Trinajstić information content (AvgIpc) is 3.19. The second kappa shape index (κ2) is 10.9. The summed E-state index contributed by atoms with van der Waals surface area (Å²) in [6.45, 7) is 13.9. The number of thiophene rings is 1. The number of fused-ring (bicyclic) bond motifs is 1. The zero-order valence-corrected chi connectivity index (χ0v) is 23.7. The normalized spacial score (nSPS) is 11.4. The van der Waals surface area contributed by atoms with Gasteiger partial charge in [-0.2, -0.15) is 0 Å². The molecule has 2 N–H and O–H groups in total. The lowest BCUT2D eigenvalue weighted by molar-refractivity contribution is -0.116. The fraction of sp³-hybridized carbons (Fsp3) is 0.333. The first-order valence-electron chi connectivity index (χ1n) is 12.8. The van der Waals surface area contributed by atoms with E-state index in [4.69, 9.17) is 0 Å². The summed E-state index contributed by atoms with van der Waals surface area (Å²) in [6.07, 6.45) is 1.38. The minimum absolute atomic E-state index is 0.175. The van der Waals surface area contributed by atoms with E-state index in [1.165, 1.54) is 22.2 Å². The number of nitrogens with zero attached hydrogens (tertiary/aromatic N) is 2. The van der Waals surface area contributed by atoms with Crippen LogP contribution in [0.25, 0.3) is 10.2 Å². The number of nitrogens with one attached hydrogen (secondary N) is 2. The lowest BCUT2D eigenvalue weighted by atomic mass is 9.92. The van der Waals surface area contributed by atoms with Crippen molar-refractivity contribution in [2.24, 2.45) is 0 Å². The largest absolute Gasteiger partial charge is 0.324 e.